The van der Waals surface area contributed by atoms with Crippen LogP contribution in [-0.2, 0) is 9.47 Å². The van der Waals surface area contributed by atoms with E-state index >= 15 is 4.39 Å². The molecule has 0 saturated carbocycles. The van der Waals surface area contributed by atoms with E-state index < -0.39 is 35.2 Å². The zero-order valence-corrected chi connectivity index (χ0v) is 26.5. The van der Waals surface area contributed by atoms with Crippen LogP contribution < -0.4 is 25.6 Å². The molecule has 0 unspecified atom stereocenters. The number of rotatable bonds is 4. The molecule has 4 amide bonds. The molecule has 236 valence electrons. The van der Waals surface area contributed by atoms with Crippen molar-refractivity contribution in [2.75, 3.05) is 28.7 Å². The van der Waals surface area contributed by atoms with E-state index in [2.05, 4.69) is 25.9 Å². The number of aromatic nitrogens is 2. The number of nitrogens with one attached hydrogen (secondary N) is 3. The van der Waals surface area contributed by atoms with Crippen molar-refractivity contribution >= 4 is 46.2 Å². The Morgan fingerprint density at radius 3 is 2.30 bits per heavy atom. The number of pyridine rings is 2. The summed E-state index contributed by atoms with van der Waals surface area (Å²) in [4.78, 5) is 48.4. The van der Waals surface area contributed by atoms with Gasteiger partial charge in [0.1, 0.15) is 29.3 Å². The summed E-state index contributed by atoms with van der Waals surface area (Å²) in [5.41, 5.74) is -0.468. The summed E-state index contributed by atoms with van der Waals surface area (Å²) in [7, 11) is 0. The normalized spacial score (nSPS) is 13.2. The monoisotopic (exact) mass is 610 g/mol. The Labute approximate surface area is 255 Å². The SMILES string of the molecule is Cc1c(-c2cc3cc(NC(=O)NC(C)C)ncc3c(NC(=O)OC(C)(C)C)c2F)cnc2c1N(C(=O)OC(C)(C)C)CCO2. The first-order chi connectivity index (χ1) is 20.4. The van der Waals surface area contributed by atoms with Crippen molar-refractivity contribution in [2.45, 2.75) is 79.6 Å². The Morgan fingerprint density at radius 1 is 0.977 bits per heavy atom. The summed E-state index contributed by atoms with van der Waals surface area (Å²) in [6.07, 6.45) is 1.36. The number of hydrogen-bond donors (Lipinski definition) is 3. The van der Waals surface area contributed by atoms with Gasteiger partial charge in [-0.05, 0) is 85.4 Å². The highest BCUT2D eigenvalue weighted by Crippen LogP contribution is 2.42. The van der Waals surface area contributed by atoms with Crippen LogP contribution in [0.3, 0.4) is 0 Å². The molecule has 0 atom stereocenters. The van der Waals surface area contributed by atoms with Crippen LogP contribution >= 0.6 is 0 Å². The van der Waals surface area contributed by atoms with Gasteiger partial charge >= 0.3 is 18.2 Å². The van der Waals surface area contributed by atoms with Crippen molar-refractivity contribution in [2.24, 2.45) is 0 Å². The first kappa shape index (κ1) is 32.2. The van der Waals surface area contributed by atoms with Gasteiger partial charge in [0, 0.05) is 34.9 Å². The number of carbonyl (C=O) groups is 3. The first-order valence-electron chi connectivity index (χ1n) is 14.3. The Hall–Kier alpha value is -4.68. The molecule has 0 aliphatic carbocycles. The minimum atomic E-state index is -0.863. The summed E-state index contributed by atoms with van der Waals surface area (Å²) in [5, 5.41) is 8.65. The van der Waals surface area contributed by atoms with E-state index in [0.29, 0.717) is 22.2 Å². The van der Waals surface area contributed by atoms with Gasteiger partial charge in [-0.3, -0.25) is 15.5 Å². The highest BCUT2D eigenvalue weighted by atomic mass is 19.1. The van der Waals surface area contributed by atoms with E-state index in [1.165, 1.54) is 17.3 Å². The molecule has 2 aromatic heterocycles. The molecule has 3 N–H and O–H groups in total. The average Bonchev–Trinajstić information content (AvgIpc) is 2.87. The van der Waals surface area contributed by atoms with Crippen LogP contribution in [-0.4, -0.2) is 58.6 Å². The van der Waals surface area contributed by atoms with Crippen LogP contribution in [0, 0.1) is 12.7 Å². The van der Waals surface area contributed by atoms with Crippen molar-refractivity contribution in [3.05, 3.63) is 35.9 Å². The Bertz CT molecular complexity index is 1610. The maximum atomic E-state index is 16.5. The quantitative estimate of drug-likeness (QED) is 0.294. The standard InChI is InChI=1S/C31H39FN6O6/c1-16(2)35-27(39)36-22-13-18-12-19(23(32)24(21(18)15-33-22)37-28(40)43-30(4,5)6)20-14-34-26-25(17(20)3)38(10-11-42-26)29(41)44-31(7,8)9/h12-16H,10-11H2,1-9H3,(H,37,40)(H2,33,35,36,39). The Balaban J connectivity index is 1.88. The summed E-state index contributed by atoms with van der Waals surface area (Å²) in [6.45, 7) is 16.2. The molecule has 0 fully saturated rings. The lowest BCUT2D eigenvalue weighted by Gasteiger charge is -2.32. The molecule has 3 heterocycles. The highest BCUT2D eigenvalue weighted by molar-refractivity contribution is 6.05. The Kier molecular flexibility index (Phi) is 8.89. The molecule has 1 aliphatic heterocycles. The van der Waals surface area contributed by atoms with Crippen LogP contribution in [0.1, 0.15) is 61.0 Å². The topological polar surface area (TPSA) is 144 Å². The molecular weight excluding hydrogens is 571 g/mol. The van der Waals surface area contributed by atoms with Crippen molar-refractivity contribution in [3.63, 3.8) is 0 Å². The van der Waals surface area contributed by atoms with Gasteiger partial charge in [0.2, 0.25) is 5.88 Å². The Morgan fingerprint density at radius 2 is 1.66 bits per heavy atom. The minimum absolute atomic E-state index is 0.0786. The molecule has 0 bridgehead atoms. The predicted octanol–water partition coefficient (Wildman–Crippen LogP) is 6.76. The fourth-order valence-electron chi connectivity index (χ4n) is 4.59. The predicted molar refractivity (Wildman–Crippen MR) is 166 cm³/mol. The van der Waals surface area contributed by atoms with E-state index in [4.69, 9.17) is 14.2 Å². The number of nitrogens with zero attached hydrogens (tertiary/aromatic N) is 3. The third kappa shape index (κ3) is 7.44. The number of carbonyl (C=O) groups excluding carboxylic acids is 3. The van der Waals surface area contributed by atoms with Gasteiger partial charge in [0.25, 0.3) is 0 Å². The number of fused-ring (bicyclic) bond motifs is 2. The van der Waals surface area contributed by atoms with Crippen molar-refractivity contribution < 1.29 is 33.0 Å². The van der Waals surface area contributed by atoms with Crippen LogP contribution in [0.25, 0.3) is 21.9 Å². The zero-order valence-electron chi connectivity index (χ0n) is 26.5. The molecule has 1 aromatic carbocycles. The number of anilines is 3. The first-order valence-corrected chi connectivity index (χ1v) is 14.3. The molecule has 0 spiro atoms. The summed E-state index contributed by atoms with van der Waals surface area (Å²) >= 11 is 0. The molecule has 0 saturated heterocycles. The molecule has 12 nitrogen and oxygen atoms in total. The molecule has 13 heteroatoms. The fourth-order valence-corrected chi connectivity index (χ4v) is 4.59. The van der Waals surface area contributed by atoms with Gasteiger partial charge in [0.15, 0.2) is 5.82 Å². The van der Waals surface area contributed by atoms with Crippen LogP contribution in [0.4, 0.5) is 36.0 Å². The van der Waals surface area contributed by atoms with E-state index in [9.17, 15) is 14.4 Å². The summed E-state index contributed by atoms with van der Waals surface area (Å²) in [6, 6.07) is 2.56. The molecular formula is C31H39FN6O6. The third-order valence-corrected chi connectivity index (χ3v) is 6.25. The summed E-state index contributed by atoms with van der Waals surface area (Å²) < 4.78 is 33.2. The molecule has 3 aromatic rings. The van der Waals surface area contributed by atoms with Crippen molar-refractivity contribution in [1.82, 2.24) is 15.3 Å². The number of halogens is 1. The third-order valence-electron chi connectivity index (χ3n) is 6.25. The largest absolute Gasteiger partial charge is 0.474 e. The average molecular weight is 611 g/mol. The fraction of sp³-hybridized carbons (Fsp3) is 0.452. The lowest BCUT2D eigenvalue weighted by Crippen LogP contribution is -2.42. The molecule has 44 heavy (non-hydrogen) atoms. The van der Waals surface area contributed by atoms with Gasteiger partial charge in [0.05, 0.1) is 12.2 Å². The van der Waals surface area contributed by atoms with E-state index in [0.717, 1.165) is 0 Å². The van der Waals surface area contributed by atoms with Gasteiger partial charge in [-0.15, -0.1) is 0 Å². The second kappa shape index (κ2) is 12.1. The van der Waals surface area contributed by atoms with E-state index in [1.807, 2.05) is 13.8 Å². The lowest BCUT2D eigenvalue weighted by molar-refractivity contribution is 0.0565. The lowest BCUT2D eigenvalue weighted by atomic mass is 9.96. The number of amides is 4. The maximum Gasteiger partial charge on any atom is 0.415 e. The molecule has 0 radical (unpaired) electrons. The van der Waals surface area contributed by atoms with Gasteiger partial charge in [-0.1, -0.05) is 0 Å². The van der Waals surface area contributed by atoms with Crippen LogP contribution in [0.15, 0.2) is 24.5 Å². The number of ether oxygens (including phenoxy) is 3. The molecule has 4 rings (SSSR count). The minimum Gasteiger partial charge on any atom is -0.474 e. The zero-order chi connectivity index (χ0) is 32.6. The number of hydrogen-bond acceptors (Lipinski definition) is 8. The highest BCUT2D eigenvalue weighted by Gasteiger charge is 2.32. The summed E-state index contributed by atoms with van der Waals surface area (Å²) in [5.74, 6) is -0.349. The number of urea groups is 1. The smallest absolute Gasteiger partial charge is 0.415 e. The number of benzene rings is 1. The second-order valence-corrected chi connectivity index (χ2v) is 12.7. The maximum absolute atomic E-state index is 16.5. The van der Waals surface area contributed by atoms with Crippen LogP contribution in [0.2, 0.25) is 0 Å². The van der Waals surface area contributed by atoms with Crippen molar-refractivity contribution in [1.29, 1.82) is 0 Å². The second-order valence-electron chi connectivity index (χ2n) is 12.7. The van der Waals surface area contributed by atoms with Gasteiger partial charge in [-0.25, -0.2) is 28.7 Å². The van der Waals surface area contributed by atoms with Gasteiger partial charge in [-0.2, -0.15) is 0 Å². The van der Waals surface area contributed by atoms with Crippen LogP contribution in [0.5, 0.6) is 5.88 Å². The van der Waals surface area contributed by atoms with E-state index in [1.54, 1.807) is 60.6 Å². The van der Waals surface area contributed by atoms with E-state index in [-0.39, 0.29) is 47.5 Å². The molecule has 1 aliphatic rings. The van der Waals surface area contributed by atoms with Gasteiger partial charge < -0.3 is 19.5 Å². The van der Waals surface area contributed by atoms with Crippen molar-refractivity contribution in [3.8, 4) is 17.0 Å².